The summed E-state index contributed by atoms with van der Waals surface area (Å²) in [6.07, 6.45) is 3.13. The number of rotatable bonds is 5. The van der Waals surface area contributed by atoms with E-state index in [1.165, 1.54) is 41.4 Å². The first-order chi connectivity index (χ1) is 19.3. The number of benzene rings is 2. The fourth-order valence-electron chi connectivity index (χ4n) is 5.46. The maximum atomic E-state index is 15.4. The van der Waals surface area contributed by atoms with Crippen LogP contribution in [0.15, 0.2) is 41.3 Å². The molecule has 0 bridgehead atoms. The van der Waals surface area contributed by atoms with Crippen LogP contribution in [0.25, 0.3) is 21.1 Å². The van der Waals surface area contributed by atoms with Crippen LogP contribution in [-0.2, 0) is 4.79 Å². The van der Waals surface area contributed by atoms with Gasteiger partial charge in [-0.25, -0.2) is 18.6 Å². The third kappa shape index (κ3) is 4.23. The number of fused-ring (bicyclic) bond motifs is 2. The van der Waals surface area contributed by atoms with Crippen molar-refractivity contribution in [2.75, 3.05) is 41.7 Å². The van der Waals surface area contributed by atoms with Gasteiger partial charge in [0.25, 0.3) is 0 Å². The molecule has 3 aliphatic rings. The van der Waals surface area contributed by atoms with Crippen LogP contribution >= 0.6 is 23.1 Å². The van der Waals surface area contributed by atoms with Gasteiger partial charge in [-0.3, -0.25) is 19.4 Å². The predicted molar refractivity (Wildman–Crippen MR) is 150 cm³/mol. The molecule has 2 saturated heterocycles. The average Bonchev–Trinajstić information content (AvgIpc) is 3.58. The highest BCUT2D eigenvalue weighted by molar-refractivity contribution is 8.01. The van der Waals surface area contributed by atoms with Crippen LogP contribution in [0.3, 0.4) is 0 Å². The fraction of sp³-hybridized carbons (Fsp3) is 0.333. The van der Waals surface area contributed by atoms with Gasteiger partial charge in [0, 0.05) is 43.8 Å². The number of anilines is 2. The maximum absolute atomic E-state index is 15.4. The zero-order valence-electron chi connectivity index (χ0n) is 21.0. The number of aromatic carboxylic acids is 1. The molecule has 1 atom stereocenters. The third-order valence-corrected chi connectivity index (χ3v) is 9.87. The van der Waals surface area contributed by atoms with Crippen molar-refractivity contribution < 1.29 is 23.5 Å². The number of hydrogen-bond acceptors (Lipinski definition) is 8. The Morgan fingerprint density at radius 2 is 1.82 bits per heavy atom. The standard InChI is InChI=1S/C27H23F2N5O4S2/c28-14-1-4-19-22(9-14)40-26(30-19)34-23(35)13-39-27(34)32-7-5-31(6-8-32)21-11-20-16(10-18(21)29)24(36)17(25(37)38)12-33(20)15-2-3-15/h1,4,9-12,15,27H,2-3,5-8,13H2,(H,37,38). The Morgan fingerprint density at radius 3 is 2.55 bits per heavy atom. The fourth-order valence-corrected chi connectivity index (χ4v) is 7.78. The first kappa shape index (κ1) is 25.4. The smallest absolute Gasteiger partial charge is 0.341 e. The number of pyridine rings is 1. The monoisotopic (exact) mass is 583 g/mol. The molecule has 1 amide bonds. The number of carboxylic acids is 1. The van der Waals surface area contributed by atoms with E-state index in [1.54, 1.807) is 21.6 Å². The number of hydrogen-bond donors (Lipinski definition) is 1. The van der Waals surface area contributed by atoms with E-state index >= 15 is 4.39 Å². The number of thiazole rings is 1. The number of aromatic nitrogens is 2. The number of thioether (sulfide) groups is 1. The number of carboxylic acid groups (broad SMARTS) is 1. The molecule has 7 rings (SSSR count). The molecule has 1 aliphatic carbocycles. The Morgan fingerprint density at radius 1 is 1.05 bits per heavy atom. The van der Waals surface area contributed by atoms with Gasteiger partial charge < -0.3 is 14.6 Å². The summed E-state index contributed by atoms with van der Waals surface area (Å²) in [4.78, 5) is 47.6. The summed E-state index contributed by atoms with van der Waals surface area (Å²) in [5.74, 6) is -1.99. The normalized spacial score (nSPS) is 20.2. The molecule has 2 aromatic carbocycles. The molecule has 9 nitrogen and oxygen atoms in total. The summed E-state index contributed by atoms with van der Waals surface area (Å²) in [5, 5.41) is 10.1. The molecular formula is C27H23F2N5O4S2. The molecule has 0 spiro atoms. The first-order valence-corrected chi connectivity index (χ1v) is 14.8. The van der Waals surface area contributed by atoms with Crippen LogP contribution in [-0.4, -0.2) is 68.9 Å². The van der Waals surface area contributed by atoms with Crippen LogP contribution in [0.2, 0.25) is 0 Å². The van der Waals surface area contributed by atoms with E-state index in [1.807, 2.05) is 4.90 Å². The molecule has 206 valence electrons. The van der Waals surface area contributed by atoms with E-state index < -0.39 is 17.2 Å². The number of amides is 1. The lowest BCUT2D eigenvalue weighted by Gasteiger charge is -2.40. The van der Waals surface area contributed by atoms with E-state index in [0.29, 0.717) is 58.5 Å². The molecule has 3 fully saturated rings. The van der Waals surface area contributed by atoms with Gasteiger partial charge in [0.15, 0.2) is 5.13 Å². The molecule has 1 unspecified atom stereocenters. The van der Waals surface area contributed by atoms with Gasteiger partial charge >= 0.3 is 5.97 Å². The molecule has 4 heterocycles. The number of halogens is 2. The van der Waals surface area contributed by atoms with Crippen LogP contribution in [0.5, 0.6) is 0 Å². The quantitative estimate of drug-likeness (QED) is 0.375. The van der Waals surface area contributed by atoms with Gasteiger partial charge in [-0.05, 0) is 43.2 Å². The van der Waals surface area contributed by atoms with Gasteiger partial charge in [-0.15, -0.1) is 11.8 Å². The Labute approximate surface area is 234 Å². The molecule has 40 heavy (non-hydrogen) atoms. The Bertz CT molecular complexity index is 1760. The molecule has 1 saturated carbocycles. The van der Waals surface area contributed by atoms with Crippen molar-refractivity contribution in [3.8, 4) is 0 Å². The van der Waals surface area contributed by atoms with Crippen molar-refractivity contribution in [2.24, 2.45) is 0 Å². The van der Waals surface area contributed by atoms with Crippen molar-refractivity contribution in [1.29, 1.82) is 0 Å². The topological polar surface area (TPSA) is 99.0 Å². The van der Waals surface area contributed by atoms with E-state index in [2.05, 4.69) is 9.88 Å². The average molecular weight is 584 g/mol. The summed E-state index contributed by atoms with van der Waals surface area (Å²) in [5.41, 5.74) is 0.232. The number of carbonyl (C=O) groups is 2. The van der Waals surface area contributed by atoms with Crippen LogP contribution in [0.1, 0.15) is 29.2 Å². The highest BCUT2D eigenvalue weighted by atomic mass is 32.2. The van der Waals surface area contributed by atoms with Crippen LogP contribution in [0.4, 0.5) is 19.6 Å². The van der Waals surface area contributed by atoms with Crippen molar-refractivity contribution in [1.82, 2.24) is 14.5 Å². The second-order valence-corrected chi connectivity index (χ2v) is 12.2. The summed E-state index contributed by atoms with van der Waals surface area (Å²) in [6, 6.07) is 7.29. The van der Waals surface area contributed by atoms with Crippen molar-refractivity contribution in [2.45, 2.75) is 24.4 Å². The number of nitrogens with zero attached hydrogens (tertiary/aromatic N) is 5. The minimum absolute atomic E-state index is 0.0590. The minimum Gasteiger partial charge on any atom is -0.477 e. The summed E-state index contributed by atoms with van der Waals surface area (Å²) < 4.78 is 31.6. The second kappa shape index (κ2) is 9.53. The SMILES string of the molecule is O=C(O)c1cn(C2CC2)c2cc(N3CCN(C4SCC(=O)N4c4nc5ccc(F)cc5s4)CC3)c(F)cc2c1=O. The Hall–Kier alpha value is -3.55. The van der Waals surface area contributed by atoms with Crippen LogP contribution in [0, 0.1) is 11.6 Å². The van der Waals surface area contributed by atoms with Gasteiger partial charge in [-0.1, -0.05) is 11.3 Å². The Kier molecular flexibility index (Phi) is 6.06. The molecule has 4 aromatic rings. The zero-order chi connectivity index (χ0) is 27.7. The van der Waals surface area contributed by atoms with E-state index in [-0.39, 0.29) is 34.2 Å². The molecule has 2 aliphatic heterocycles. The highest BCUT2D eigenvalue weighted by Crippen LogP contribution is 2.40. The molecule has 0 radical (unpaired) electrons. The molecule has 1 N–H and O–H groups in total. The largest absolute Gasteiger partial charge is 0.477 e. The second-order valence-electron chi connectivity index (χ2n) is 10.2. The Balaban J connectivity index is 1.15. The number of piperazine rings is 1. The lowest BCUT2D eigenvalue weighted by molar-refractivity contribution is -0.116. The van der Waals surface area contributed by atoms with Gasteiger partial charge in [-0.2, -0.15) is 0 Å². The molecule has 13 heteroatoms. The molecule has 2 aromatic heterocycles. The van der Waals surface area contributed by atoms with Crippen molar-refractivity contribution in [3.05, 3.63) is 63.9 Å². The number of carbonyl (C=O) groups excluding carboxylic acids is 1. The highest BCUT2D eigenvalue weighted by Gasteiger charge is 2.40. The van der Waals surface area contributed by atoms with Crippen molar-refractivity contribution >= 4 is 66.9 Å². The predicted octanol–water partition coefficient (Wildman–Crippen LogP) is 4.11. The van der Waals surface area contributed by atoms with E-state index in [0.717, 1.165) is 18.9 Å². The first-order valence-electron chi connectivity index (χ1n) is 12.9. The molecular weight excluding hydrogens is 560 g/mol. The minimum atomic E-state index is -1.32. The van der Waals surface area contributed by atoms with Crippen LogP contribution < -0.4 is 15.2 Å². The third-order valence-electron chi connectivity index (χ3n) is 7.63. The summed E-state index contributed by atoms with van der Waals surface area (Å²) in [7, 11) is 0. The summed E-state index contributed by atoms with van der Waals surface area (Å²) in [6.45, 7) is 2.11. The zero-order valence-corrected chi connectivity index (χ0v) is 22.7. The van der Waals surface area contributed by atoms with E-state index in [9.17, 15) is 23.9 Å². The lowest BCUT2D eigenvalue weighted by Crippen LogP contribution is -2.54. The van der Waals surface area contributed by atoms with Gasteiger partial charge in [0.05, 0.1) is 27.2 Å². The summed E-state index contributed by atoms with van der Waals surface area (Å²) >= 11 is 2.79. The van der Waals surface area contributed by atoms with E-state index in [4.69, 9.17) is 0 Å². The van der Waals surface area contributed by atoms with Gasteiger partial charge in [0.1, 0.15) is 22.7 Å². The van der Waals surface area contributed by atoms with Crippen molar-refractivity contribution in [3.63, 3.8) is 0 Å². The van der Waals surface area contributed by atoms with Gasteiger partial charge in [0.2, 0.25) is 11.3 Å². The lowest BCUT2D eigenvalue weighted by atomic mass is 10.1. The maximum Gasteiger partial charge on any atom is 0.341 e.